The van der Waals surface area contributed by atoms with Crippen LogP contribution >= 0.6 is 0 Å². The van der Waals surface area contributed by atoms with Gasteiger partial charge in [0.1, 0.15) is 5.78 Å². The van der Waals surface area contributed by atoms with E-state index in [9.17, 15) is 4.79 Å². The molecule has 0 amide bonds. The quantitative estimate of drug-likeness (QED) is 0.741. The molecule has 14 heavy (non-hydrogen) atoms. The number of aliphatic hydroxyl groups is 1. The molecule has 0 aromatic heterocycles. The first kappa shape index (κ1) is 13.6. The molecule has 0 bridgehead atoms. The minimum atomic E-state index is -0.257. The van der Waals surface area contributed by atoms with Gasteiger partial charge in [-0.05, 0) is 18.3 Å². The summed E-state index contributed by atoms with van der Waals surface area (Å²) in [6.07, 6.45) is 1.98. The van der Waals surface area contributed by atoms with E-state index in [4.69, 9.17) is 5.11 Å². The molecule has 0 spiro atoms. The molecule has 0 saturated heterocycles. The molecular weight excluding hydrogens is 176 g/mol. The summed E-state index contributed by atoms with van der Waals surface area (Å²) in [5.41, 5.74) is -0.0776. The van der Waals surface area contributed by atoms with Crippen molar-refractivity contribution in [2.45, 2.75) is 53.9 Å². The van der Waals surface area contributed by atoms with Crippen molar-refractivity contribution in [2.75, 3.05) is 6.61 Å². The average molecular weight is 200 g/mol. The highest BCUT2D eigenvalue weighted by atomic mass is 16.3. The second-order valence-corrected chi connectivity index (χ2v) is 5.87. The number of hydrogen-bond acceptors (Lipinski definition) is 2. The predicted molar refractivity (Wildman–Crippen MR) is 59.2 cm³/mol. The molecule has 0 fully saturated rings. The number of aliphatic hydroxyl groups excluding tert-OH is 1. The summed E-state index contributed by atoms with van der Waals surface area (Å²) in [7, 11) is 0. The third-order valence-electron chi connectivity index (χ3n) is 2.29. The highest BCUT2D eigenvalue weighted by Crippen LogP contribution is 2.34. The fraction of sp³-hybridized carbons (Fsp3) is 0.917. The van der Waals surface area contributed by atoms with Crippen LogP contribution in [0.3, 0.4) is 0 Å². The maximum absolute atomic E-state index is 11.8. The van der Waals surface area contributed by atoms with Crippen LogP contribution in [-0.4, -0.2) is 17.5 Å². The van der Waals surface area contributed by atoms with Crippen LogP contribution in [0.2, 0.25) is 0 Å². The molecule has 1 N–H and O–H groups in total. The van der Waals surface area contributed by atoms with Gasteiger partial charge in [-0.2, -0.15) is 0 Å². The Balaban J connectivity index is 4.23. The van der Waals surface area contributed by atoms with E-state index in [1.54, 1.807) is 0 Å². The Labute approximate surface area is 87.7 Å². The molecule has 84 valence electrons. The van der Waals surface area contributed by atoms with E-state index in [1.165, 1.54) is 0 Å². The first-order chi connectivity index (χ1) is 6.19. The lowest BCUT2D eigenvalue weighted by molar-refractivity contribution is -0.128. The van der Waals surface area contributed by atoms with Crippen molar-refractivity contribution in [2.24, 2.45) is 10.8 Å². The summed E-state index contributed by atoms with van der Waals surface area (Å²) in [5, 5.41) is 8.66. The van der Waals surface area contributed by atoms with Crippen LogP contribution in [0.5, 0.6) is 0 Å². The Morgan fingerprint density at radius 1 is 1.14 bits per heavy atom. The van der Waals surface area contributed by atoms with Crippen LogP contribution in [0.15, 0.2) is 0 Å². The van der Waals surface area contributed by atoms with Crippen molar-refractivity contribution in [3.63, 3.8) is 0 Å². The molecule has 0 aliphatic carbocycles. The standard InChI is InChI=1S/C12H24O2/c1-11(2,3)9-12(4,5)10(14)7-6-8-13/h13H,6-9H2,1-5H3. The van der Waals surface area contributed by atoms with Gasteiger partial charge in [0, 0.05) is 18.4 Å². The second-order valence-electron chi connectivity index (χ2n) is 5.87. The van der Waals surface area contributed by atoms with Gasteiger partial charge in [-0.1, -0.05) is 34.6 Å². The first-order valence-electron chi connectivity index (χ1n) is 5.33. The molecule has 0 radical (unpaired) electrons. The van der Waals surface area contributed by atoms with E-state index in [0.717, 1.165) is 6.42 Å². The molecule has 2 nitrogen and oxygen atoms in total. The molecule has 0 unspecified atom stereocenters. The summed E-state index contributed by atoms with van der Waals surface area (Å²) in [5.74, 6) is 0.265. The van der Waals surface area contributed by atoms with Gasteiger partial charge in [-0.25, -0.2) is 0 Å². The number of ketones is 1. The largest absolute Gasteiger partial charge is 0.396 e. The molecule has 0 aliphatic rings. The van der Waals surface area contributed by atoms with Gasteiger partial charge in [0.25, 0.3) is 0 Å². The van der Waals surface area contributed by atoms with Gasteiger partial charge >= 0.3 is 0 Å². The average Bonchev–Trinajstić information content (AvgIpc) is 1.95. The number of hydrogen-bond donors (Lipinski definition) is 1. The third kappa shape index (κ3) is 5.38. The smallest absolute Gasteiger partial charge is 0.138 e. The third-order valence-corrected chi connectivity index (χ3v) is 2.29. The fourth-order valence-electron chi connectivity index (χ4n) is 2.00. The van der Waals surface area contributed by atoms with E-state index < -0.39 is 0 Å². The fourth-order valence-corrected chi connectivity index (χ4v) is 2.00. The van der Waals surface area contributed by atoms with E-state index in [1.807, 2.05) is 13.8 Å². The SMILES string of the molecule is CC(C)(C)CC(C)(C)C(=O)CCCO. The Bertz CT molecular complexity index is 187. The Morgan fingerprint density at radius 2 is 1.64 bits per heavy atom. The minimum absolute atomic E-state index is 0.108. The molecule has 0 heterocycles. The zero-order valence-electron chi connectivity index (χ0n) is 10.2. The summed E-state index contributed by atoms with van der Waals surface area (Å²) in [4.78, 5) is 11.8. The van der Waals surface area contributed by atoms with Crippen LogP contribution in [0.4, 0.5) is 0 Å². The number of rotatable bonds is 5. The van der Waals surface area contributed by atoms with Gasteiger partial charge in [0.15, 0.2) is 0 Å². The summed E-state index contributed by atoms with van der Waals surface area (Å²) >= 11 is 0. The predicted octanol–water partition coefficient (Wildman–Crippen LogP) is 2.79. The van der Waals surface area contributed by atoms with Crippen molar-refractivity contribution in [1.82, 2.24) is 0 Å². The molecule has 0 atom stereocenters. The molecule has 0 aliphatic heterocycles. The van der Waals surface area contributed by atoms with Crippen molar-refractivity contribution in [3.05, 3.63) is 0 Å². The van der Waals surface area contributed by atoms with Gasteiger partial charge < -0.3 is 5.11 Å². The topological polar surface area (TPSA) is 37.3 Å². The second kappa shape index (κ2) is 4.92. The summed E-state index contributed by atoms with van der Waals surface area (Å²) in [6.45, 7) is 10.5. The van der Waals surface area contributed by atoms with E-state index in [2.05, 4.69) is 20.8 Å². The lowest BCUT2D eigenvalue weighted by atomic mass is 9.73. The first-order valence-corrected chi connectivity index (χ1v) is 5.33. The van der Waals surface area contributed by atoms with E-state index >= 15 is 0 Å². The summed E-state index contributed by atoms with van der Waals surface area (Å²) in [6, 6.07) is 0. The van der Waals surface area contributed by atoms with E-state index in [0.29, 0.717) is 12.8 Å². The highest BCUT2D eigenvalue weighted by Gasteiger charge is 2.31. The monoisotopic (exact) mass is 200 g/mol. The van der Waals surface area contributed by atoms with Crippen LogP contribution < -0.4 is 0 Å². The van der Waals surface area contributed by atoms with Crippen molar-refractivity contribution < 1.29 is 9.90 Å². The van der Waals surface area contributed by atoms with Crippen LogP contribution in [-0.2, 0) is 4.79 Å². The Kier molecular flexibility index (Phi) is 4.79. The molecule has 0 saturated carbocycles. The maximum Gasteiger partial charge on any atom is 0.138 e. The number of carbonyl (C=O) groups is 1. The van der Waals surface area contributed by atoms with Crippen LogP contribution in [0.1, 0.15) is 53.9 Å². The Hall–Kier alpha value is -0.370. The van der Waals surface area contributed by atoms with Crippen LogP contribution in [0, 0.1) is 10.8 Å². The molecule has 2 heteroatoms. The minimum Gasteiger partial charge on any atom is -0.396 e. The molecular formula is C12H24O2. The Morgan fingerprint density at radius 3 is 2.00 bits per heavy atom. The zero-order valence-corrected chi connectivity index (χ0v) is 10.2. The van der Waals surface area contributed by atoms with Crippen molar-refractivity contribution >= 4 is 5.78 Å². The maximum atomic E-state index is 11.8. The summed E-state index contributed by atoms with van der Waals surface area (Å²) < 4.78 is 0. The molecule has 0 rings (SSSR count). The van der Waals surface area contributed by atoms with E-state index in [-0.39, 0.29) is 23.2 Å². The van der Waals surface area contributed by atoms with Crippen LogP contribution in [0.25, 0.3) is 0 Å². The molecule has 0 aromatic rings. The lowest BCUT2D eigenvalue weighted by Crippen LogP contribution is -2.29. The highest BCUT2D eigenvalue weighted by molar-refractivity contribution is 5.84. The van der Waals surface area contributed by atoms with Gasteiger partial charge in [0.05, 0.1) is 0 Å². The lowest BCUT2D eigenvalue weighted by Gasteiger charge is -2.31. The van der Waals surface area contributed by atoms with Gasteiger partial charge in [0.2, 0.25) is 0 Å². The van der Waals surface area contributed by atoms with Gasteiger partial charge in [-0.15, -0.1) is 0 Å². The number of carbonyl (C=O) groups excluding carboxylic acids is 1. The molecule has 0 aromatic carbocycles. The van der Waals surface area contributed by atoms with Crippen molar-refractivity contribution in [3.8, 4) is 0 Å². The zero-order chi connectivity index (χ0) is 11.4. The van der Waals surface area contributed by atoms with Crippen molar-refractivity contribution in [1.29, 1.82) is 0 Å². The van der Waals surface area contributed by atoms with Gasteiger partial charge in [-0.3, -0.25) is 4.79 Å². The normalized spacial score (nSPS) is 13.0. The number of Topliss-reactive ketones (excluding diaryl/α,β-unsaturated/α-hetero) is 1.